The van der Waals surface area contributed by atoms with E-state index in [0.29, 0.717) is 23.3 Å². The molecule has 0 aliphatic heterocycles. The number of benzene rings is 2. The van der Waals surface area contributed by atoms with E-state index in [1.807, 2.05) is 26.0 Å². The van der Waals surface area contributed by atoms with E-state index in [1.165, 1.54) is 0 Å². The Balaban J connectivity index is 2.16. The average molecular weight is 283 g/mol. The van der Waals surface area contributed by atoms with Gasteiger partial charge in [0.2, 0.25) is 0 Å². The molecule has 0 radical (unpaired) electrons. The molecule has 2 rings (SSSR count). The highest BCUT2D eigenvalue weighted by atomic mass is 16.7. The molecule has 0 amide bonds. The molecule has 1 N–H and O–H groups in total. The summed E-state index contributed by atoms with van der Waals surface area (Å²) >= 11 is 0. The second-order valence-corrected chi connectivity index (χ2v) is 4.65. The molecule has 0 bridgehead atoms. The molecule has 4 heteroatoms. The zero-order chi connectivity index (χ0) is 15.2. The number of phenolic OH excluding ortho intramolecular Hbond substituents is 1. The number of hydrogen-bond donors (Lipinski definition) is 1. The Hall–Kier alpha value is -2.62. The number of carbonyl (C=O) groups excluding carboxylic acids is 1. The van der Waals surface area contributed by atoms with Crippen LogP contribution in [0.1, 0.15) is 34.8 Å². The van der Waals surface area contributed by atoms with Gasteiger partial charge in [0.15, 0.2) is 0 Å². The lowest BCUT2D eigenvalue weighted by molar-refractivity contribution is 0.0515. The maximum Gasteiger partial charge on any atom is 0.365 e. The number of para-hydroxylation sites is 1. The minimum Gasteiger partial charge on any atom is -0.507 e. The highest BCUT2D eigenvalue weighted by Crippen LogP contribution is 2.18. The Labute approximate surface area is 123 Å². The van der Waals surface area contributed by atoms with E-state index >= 15 is 0 Å². The van der Waals surface area contributed by atoms with Crippen LogP contribution in [-0.4, -0.2) is 16.8 Å². The quantitative estimate of drug-likeness (QED) is 0.529. The Morgan fingerprint density at radius 2 is 1.81 bits per heavy atom. The number of nitrogens with zero attached hydrogens (tertiary/aromatic N) is 1. The van der Waals surface area contributed by atoms with Crippen molar-refractivity contribution in [3.8, 4) is 5.75 Å². The Bertz CT molecular complexity index is 660. The largest absolute Gasteiger partial charge is 0.507 e. The number of hydrogen-bond acceptors (Lipinski definition) is 4. The van der Waals surface area contributed by atoms with E-state index in [4.69, 9.17) is 4.84 Å². The third-order valence-electron chi connectivity index (χ3n) is 3.08. The normalized spacial score (nSPS) is 11.2. The highest BCUT2D eigenvalue weighted by molar-refractivity contribution is 6.02. The van der Waals surface area contributed by atoms with Gasteiger partial charge in [-0.3, -0.25) is 0 Å². The first-order valence-electron chi connectivity index (χ1n) is 6.75. The molecule has 0 saturated heterocycles. The molecule has 0 unspecified atom stereocenters. The number of carbonyl (C=O) groups is 1. The molecule has 0 spiro atoms. The van der Waals surface area contributed by atoms with E-state index in [1.54, 1.807) is 36.4 Å². The van der Waals surface area contributed by atoms with Crippen LogP contribution in [0.2, 0.25) is 0 Å². The molecular weight excluding hydrogens is 266 g/mol. The third kappa shape index (κ3) is 3.69. The summed E-state index contributed by atoms with van der Waals surface area (Å²) < 4.78 is 0. The van der Waals surface area contributed by atoms with Crippen LogP contribution in [0, 0.1) is 6.92 Å². The van der Waals surface area contributed by atoms with Crippen LogP contribution in [-0.2, 0) is 4.84 Å². The van der Waals surface area contributed by atoms with Crippen molar-refractivity contribution in [2.24, 2.45) is 5.16 Å². The Kier molecular flexibility index (Phi) is 4.72. The monoisotopic (exact) mass is 283 g/mol. The summed E-state index contributed by atoms with van der Waals surface area (Å²) in [5.41, 5.74) is 2.60. The van der Waals surface area contributed by atoms with Gasteiger partial charge in [-0.05, 0) is 37.6 Å². The minimum absolute atomic E-state index is 0.115. The van der Waals surface area contributed by atoms with E-state index < -0.39 is 5.97 Å². The van der Waals surface area contributed by atoms with Crippen molar-refractivity contribution in [1.29, 1.82) is 0 Å². The molecule has 0 aliphatic rings. The van der Waals surface area contributed by atoms with Crippen LogP contribution in [0.5, 0.6) is 5.75 Å². The maximum absolute atomic E-state index is 11.9. The molecule has 0 heterocycles. The van der Waals surface area contributed by atoms with E-state index in [9.17, 15) is 9.90 Å². The summed E-state index contributed by atoms with van der Waals surface area (Å²) in [4.78, 5) is 16.9. The van der Waals surface area contributed by atoms with E-state index in [0.717, 1.165) is 5.56 Å². The molecule has 108 valence electrons. The molecule has 0 aromatic heterocycles. The fourth-order valence-corrected chi connectivity index (χ4v) is 1.86. The Morgan fingerprint density at radius 1 is 1.14 bits per heavy atom. The smallest absolute Gasteiger partial charge is 0.365 e. The van der Waals surface area contributed by atoms with Crippen LogP contribution in [0.3, 0.4) is 0 Å². The van der Waals surface area contributed by atoms with Gasteiger partial charge in [0.05, 0.1) is 11.3 Å². The average Bonchev–Trinajstić information content (AvgIpc) is 2.50. The van der Waals surface area contributed by atoms with Gasteiger partial charge in [-0.25, -0.2) is 4.79 Å². The van der Waals surface area contributed by atoms with Crippen LogP contribution in [0.15, 0.2) is 53.7 Å². The van der Waals surface area contributed by atoms with Crippen molar-refractivity contribution in [1.82, 2.24) is 0 Å². The van der Waals surface area contributed by atoms with E-state index in [2.05, 4.69) is 5.16 Å². The molecule has 21 heavy (non-hydrogen) atoms. The van der Waals surface area contributed by atoms with Gasteiger partial charge < -0.3 is 9.94 Å². The summed E-state index contributed by atoms with van der Waals surface area (Å²) in [6.45, 7) is 3.83. The van der Waals surface area contributed by atoms with Crippen molar-refractivity contribution in [2.75, 3.05) is 0 Å². The standard InChI is InChI=1S/C17H17NO3/c1-3-15(14-6-4-5-7-16(14)19)18-21-17(20)13-10-8-12(2)9-11-13/h4-11,19H,3H2,1-2H3/b18-15-. The summed E-state index contributed by atoms with van der Waals surface area (Å²) in [6, 6.07) is 13.9. The first-order valence-corrected chi connectivity index (χ1v) is 6.75. The second kappa shape index (κ2) is 6.70. The number of phenols is 1. The first-order chi connectivity index (χ1) is 10.1. The van der Waals surface area contributed by atoms with Gasteiger partial charge in [-0.1, -0.05) is 41.9 Å². The van der Waals surface area contributed by atoms with Crippen LogP contribution in [0.25, 0.3) is 0 Å². The summed E-state index contributed by atoms with van der Waals surface area (Å²) in [5.74, 6) is -0.402. The summed E-state index contributed by atoms with van der Waals surface area (Å²) in [7, 11) is 0. The lowest BCUT2D eigenvalue weighted by Crippen LogP contribution is -2.06. The lowest BCUT2D eigenvalue weighted by Gasteiger charge is -2.06. The molecule has 4 nitrogen and oxygen atoms in total. The topological polar surface area (TPSA) is 58.9 Å². The second-order valence-electron chi connectivity index (χ2n) is 4.65. The molecule has 0 saturated carbocycles. The maximum atomic E-state index is 11.9. The molecule has 0 fully saturated rings. The molecule has 2 aromatic rings. The van der Waals surface area contributed by atoms with Crippen LogP contribution >= 0.6 is 0 Å². The van der Waals surface area contributed by atoms with Crippen molar-refractivity contribution in [3.63, 3.8) is 0 Å². The lowest BCUT2D eigenvalue weighted by atomic mass is 10.1. The van der Waals surface area contributed by atoms with Crippen molar-refractivity contribution in [2.45, 2.75) is 20.3 Å². The SMILES string of the molecule is CC/C(=N/OC(=O)c1ccc(C)cc1)c1ccccc1O. The van der Waals surface area contributed by atoms with Gasteiger partial charge in [0, 0.05) is 5.56 Å². The summed E-state index contributed by atoms with van der Waals surface area (Å²) in [5, 5.41) is 13.7. The number of aryl methyl sites for hydroxylation is 1. The zero-order valence-corrected chi connectivity index (χ0v) is 12.0. The van der Waals surface area contributed by atoms with Crippen LogP contribution in [0.4, 0.5) is 0 Å². The fraction of sp³-hybridized carbons (Fsp3) is 0.176. The van der Waals surface area contributed by atoms with Gasteiger partial charge in [-0.2, -0.15) is 0 Å². The number of oxime groups is 1. The minimum atomic E-state index is -0.517. The van der Waals surface area contributed by atoms with Gasteiger partial charge in [-0.15, -0.1) is 0 Å². The Morgan fingerprint density at radius 3 is 2.43 bits per heavy atom. The van der Waals surface area contributed by atoms with Crippen molar-refractivity contribution in [3.05, 3.63) is 65.2 Å². The fourth-order valence-electron chi connectivity index (χ4n) is 1.86. The van der Waals surface area contributed by atoms with E-state index in [-0.39, 0.29) is 5.75 Å². The summed E-state index contributed by atoms with van der Waals surface area (Å²) in [6.07, 6.45) is 0.540. The van der Waals surface area contributed by atoms with Gasteiger partial charge in [0.25, 0.3) is 0 Å². The molecule has 2 aromatic carbocycles. The third-order valence-corrected chi connectivity index (χ3v) is 3.08. The molecular formula is C17H17NO3. The van der Waals surface area contributed by atoms with Gasteiger partial charge >= 0.3 is 5.97 Å². The molecule has 0 atom stereocenters. The number of rotatable bonds is 4. The predicted molar refractivity (Wildman–Crippen MR) is 81.5 cm³/mol. The molecule has 0 aliphatic carbocycles. The number of aromatic hydroxyl groups is 1. The predicted octanol–water partition coefficient (Wildman–Crippen LogP) is 3.67. The van der Waals surface area contributed by atoms with Crippen molar-refractivity contribution >= 4 is 11.7 Å². The van der Waals surface area contributed by atoms with Crippen LogP contribution < -0.4 is 0 Å². The van der Waals surface area contributed by atoms with Gasteiger partial charge in [0.1, 0.15) is 5.75 Å². The first kappa shape index (κ1) is 14.8. The zero-order valence-electron chi connectivity index (χ0n) is 12.0. The van der Waals surface area contributed by atoms with Crippen molar-refractivity contribution < 1.29 is 14.7 Å². The highest BCUT2D eigenvalue weighted by Gasteiger charge is 2.10.